The molecule has 0 aromatic heterocycles. The van der Waals surface area contributed by atoms with Gasteiger partial charge in [-0.2, -0.15) is 0 Å². The van der Waals surface area contributed by atoms with Gasteiger partial charge in [-0.25, -0.2) is 0 Å². The molecule has 5 N–H and O–H groups in total. The van der Waals surface area contributed by atoms with E-state index in [2.05, 4.69) is 29.6 Å². The van der Waals surface area contributed by atoms with Crippen LogP contribution in [0, 0.1) is 10.8 Å². The lowest BCUT2D eigenvalue weighted by Gasteiger charge is -2.16. The van der Waals surface area contributed by atoms with E-state index in [4.69, 9.17) is 16.6 Å². The zero-order valence-corrected chi connectivity index (χ0v) is 15.2. The molecule has 1 atom stereocenters. The van der Waals surface area contributed by atoms with Gasteiger partial charge in [0.05, 0.1) is 5.04 Å². The fraction of sp³-hybridized carbons (Fsp3) is 0.438. The summed E-state index contributed by atoms with van der Waals surface area (Å²) in [5.41, 5.74) is 7.73. The number of aryl methyl sites for hydroxylation is 1. The van der Waals surface area contributed by atoms with Crippen LogP contribution in [-0.4, -0.2) is 33.7 Å². The van der Waals surface area contributed by atoms with E-state index >= 15 is 0 Å². The molecule has 0 radical (unpaired) electrons. The van der Waals surface area contributed by atoms with Crippen LogP contribution in [0.2, 0.25) is 0 Å². The van der Waals surface area contributed by atoms with Crippen LogP contribution in [-0.2, 0) is 17.6 Å². The van der Waals surface area contributed by atoms with E-state index in [1.54, 1.807) is 6.92 Å². The first-order chi connectivity index (χ1) is 10.9. The number of nitrogens with two attached hydrogens (primary N) is 1. The van der Waals surface area contributed by atoms with Crippen molar-refractivity contribution in [1.82, 2.24) is 5.32 Å². The number of thioether (sulfide) groups is 2. The van der Waals surface area contributed by atoms with Crippen molar-refractivity contribution in [2.45, 2.75) is 31.9 Å². The van der Waals surface area contributed by atoms with Crippen LogP contribution < -0.4 is 11.1 Å². The average molecular weight is 353 g/mol. The van der Waals surface area contributed by atoms with Crippen LogP contribution in [0.4, 0.5) is 0 Å². The zero-order valence-electron chi connectivity index (χ0n) is 13.5. The third-order valence-corrected chi connectivity index (χ3v) is 4.80. The van der Waals surface area contributed by atoms with E-state index in [0.717, 1.165) is 18.6 Å². The van der Waals surface area contributed by atoms with Crippen molar-refractivity contribution in [3.8, 4) is 0 Å². The molecule has 23 heavy (non-hydrogen) atoms. The zero-order chi connectivity index (χ0) is 17.2. The van der Waals surface area contributed by atoms with E-state index in [1.165, 1.54) is 41.6 Å². The van der Waals surface area contributed by atoms with Crippen LogP contribution >= 0.6 is 23.5 Å². The van der Waals surface area contributed by atoms with Crippen molar-refractivity contribution in [2.24, 2.45) is 5.73 Å². The predicted octanol–water partition coefficient (Wildman–Crippen LogP) is 2.63. The molecule has 1 amide bonds. The van der Waals surface area contributed by atoms with Crippen molar-refractivity contribution in [2.75, 3.05) is 12.3 Å². The maximum atomic E-state index is 11.1. The van der Waals surface area contributed by atoms with Crippen molar-refractivity contribution in [3.05, 3.63) is 35.4 Å². The highest BCUT2D eigenvalue weighted by atomic mass is 32.2. The minimum absolute atomic E-state index is 0.0449. The summed E-state index contributed by atoms with van der Waals surface area (Å²) in [6.45, 7) is 3.83. The number of amidine groups is 1. The van der Waals surface area contributed by atoms with Crippen LogP contribution in [0.5, 0.6) is 0 Å². The Bertz CT molecular complexity index is 546. The number of rotatable bonds is 8. The molecule has 0 aliphatic heterocycles. The van der Waals surface area contributed by atoms with Gasteiger partial charge in [0.15, 0.2) is 5.17 Å². The molecule has 0 aliphatic rings. The van der Waals surface area contributed by atoms with Gasteiger partial charge in [-0.15, -0.1) is 11.8 Å². The van der Waals surface area contributed by atoms with Gasteiger partial charge in [-0.3, -0.25) is 15.6 Å². The average Bonchev–Trinajstić information content (AvgIpc) is 2.45. The Morgan fingerprint density at radius 2 is 1.83 bits per heavy atom. The molecule has 5 nitrogen and oxygen atoms in total. The predicted molar refractivity (Wildman–Crippen MR) is 102 cm³/mol. The maximum Gasteiger partial charge on any atom is 0.216 e. The molecular formula is C16H24N4OS2. The van der Waals surface area contributed by atoms with E-state index in [9.17, 15) is 4.79 Å². The second-order valence-electron chi connectivity index (χ2n) is 5.22. The highest BCUT2D eigenvalue weighted by Crippen LogP contribution is 2.18. The second-order valence-corrected chi connectivity index (χ2v) is 7.87. The summed E-state index contributed by atoms with van der Waals surface area (Å²) < 4.78 is 0. The molecule has 7 heteroatoms. The molecule has 0 fully saturated rings. The summed E-state index contributed by atoms with van der Waals surface area (Å²) in [5.74, 6) is 0.763. The van der Waals surface area contributed by atoms with Crippen LogP contribution in [0.3, 0.4) is 0 Å². The number of hydrogen-bond donors (Lipinski definition) is 4. The molecule has 0 heterocycles. The SMILES string of the molecule is CC(=N)S[C@H](CNC(C)=O)Cc1ccc(CCSC(=N)N)cc1. The van der Waals surface area contributed by atoms with E-state index < -0.39 is 0 Å². The smallest absolute Gasteiger partial charge is 0.216 e. The van der Waals surface area contributed by atoms with Crippen LogP contribution in [0.1, 0.15) is 25.0 Å². The Morgan fingerprint density at radius 1 is 1.22 bits per heavy atom. The van der Waals surface area contributed by atoms with Gasteiger partial charge in [-0.05, 0) is 30.9 Å². The maximum absolute atomic E-state index is 11.1. The molecule has 0 saturated carbocycles. The monoisotopic (exact) mass is 352 g/mol. The summed E-state index contributed by atoms with van der Waals surface area (Å²) in [6.07, 6.45) is 1.69. The first-order valence-electron chi connectivity index (χ1n) is 7.37. The van der Waals surface area contributed by atoms with E-state index in [-0.39, 0.29) is 16.3 Å². The summed E-state index contributed by atoms with van der Waals surface area (Å²) in [7, 11) is 0. The van der Waals surface area contributed by atoms with Gasteiger partial charge in [0.1, 0.15) is 0 Å². The highest BCUT2D eigenvalue weighted by Gasteiger charge is 2.12. The van der Waals surface area contributed by atoms with Gasteiger partial charge >= 0.3 is 0 Å². The second kappa shape index (κ2) is 10.3. The Labute approximate surface area is 146 Å². The van der Waals surface area contributed by atoms with Gasteiger partial charge < -0.3 is 11.1 Å². The fourth-order valence-electron chi connectivity index (χ4n) is 2.05. The summed E-state index contributed by atoms with van der Waals surface area (Å²) in [5, 5.41) is 18.5. The van der Waals surface area contributed by atoms with Crippen molar-refractivity contribution < 1.29 is 4.79 Å². The lowest BCUT2D eigenvalue weighted by Crippen LogP contribution is -2.30. The number of amides is 1. The lowest BCUT2D eigenvalue weighted by molar-refractivity contribution is -0.118. The Balaban J connectivity index is 2.56. The van der Waals surface area contributed by atoms with Crippen LogP contribution in [0.25, 0.3) is 0 Å². The molecule has 0 spiro atoms. The third-order valence-electron chi connectivity index (χ3n) is 3.06. The van der Waals surface area contributed by atoms with Crippen LogP contribution in [0.15, 0.2) is 24.3 Å². The Morgan fingerprint density at radius 3 is 2.35 bits per heavy atom. The molecule has 1 aromatic carbocycles. The molecular weight excluding hydrogens is 328 g/mol. The summed E-state index contributed by atoms with van der Waals surface area (Å²) >= 11 is 2.84. The minimum Gasteiger partial charge on any atom is -0.379 e. The molecule has 0 bridgehead atoms. The van der Waals surface area contributed by atoms with Crippen molar-refractivity contribution >= 4 is 39.6 Å². The van der Waals surface area contributed by atoms with E-state index in [0.29, 0.717) is 11.6 Å². The van der Waals surface area contributed by atoms with Gasteiger partial charge in [-0.1, -0.05) is 36.0 Å². The number of benzene rings is 1. The van der Waals surface area contributed by atoms with Crippen molar-refractivity contribution in [1.29, 1.82) is 10.8 Å². The molecule has 0 unspecified atom stereocenters. The lowest BCUT2D eigenvalue weighted by atomic mass is 10.1. The third kappa shape index (κ3) is 9.30. The first kappa shape index (κ1) is 19.6. The molecule has 0 saturated heterocycles. The summed E-state index contributed by atoms with van der Waals surface area (Å²) in [6, 6.07) is 8.36. The van der Waals surface area contributed by atoms with E-state index in [1.807, 2.05) is 0 Å². The fourth-order valence-corrected chi connectivity index (χ4v) is 3.55. The van der Waals surface area contributed by atoms with Gasteiger partial charge in [0.2, 0.25) is 5.91 Å². The topological polar surface area (TPSA) is 103 Å². The Hall–Kier alpha value is -1.47. The molecule has 0 aliphatic carbocycles. The highest BCUT2D eigenvalue weighted by molar-refractivity contribution is 8.14. The normalized spacial score (nSPS) is 11.7. The molecule has 1 rings (SSSR count). The van der Waals surface area contributed by atoms with Crippen molar-refractivity contribution in [3.63, 3.8) is 0 Å². The first-order valence-corrected chi connectivity index (χ1v) is 9.24. The largest absolute Gasteiger partial charge is 0.379 e. The number of hydrogen-bond acceptors (Lipinski definition) is 5. The number of carbonyl (C=O) groups is 1. The molecule has 126 valence electrons. The summed E-state index contributed by atoms with van der Waals surface area (Å²) in [4.78, 5) is 11.1. The standard InChI is InChI=1S/C16H24N4OS2/c1-11(17)23-15(10-20-12(2)21)9-14-5-3-13(4-6-14)7-8-22-16(18)19/h3-6,15,17H,7-10H2,1-2H3,(H3,18,19)(H,20,21)/t15-/m0/s1. The van der Waals surface area contributed by atoms with Gasteiger partial charge in [0, 0.05) is 24.5 Å². The quantitative estimate of drug-likeness (QED) is 0.426. The number of carbonyl (C=O) groups excluding carboxylic acids is 1. The minimum atomic E-state index is -0.0449. The molecule has 1 aromatic rings. The number of nitrogens with one attached hydrogen (secondary N) is 3. The Kier molecular flexibility index (Phi) is 8.79. The van der Waals surface area contributed by atoms with Gasteiger partial charge in [0.25, 0.3) is 0 Å².